The maximum Gasteiger partial charge on any atom is 0.338 e. The first kappa shape index (κ1) is 37.2. The number of hydrogen-bond donors (Lipinski definition) is 0. The molecule has 5 aromatic carbocycles. The lowest BCUT2D eigenvalue weighted by atomic mass is 9.99. The average molecular weight is 712 g/mol. The topological polar surface area (TPSA) is 155 Å². The number of benzene rings is 5. The van der Waals surface area contributed by atoms with Crippen LogP contribution in [0.3, 0.4) is 0 Å². The maximum absolute atomic E-state index is 13.8. The number of rotatable bonds is 15. The highest BCUT2D eigenvalue weighted by molar-refractivity contribution is 5.92. The Balaban J connectivity index is 1.61. The summed E-state index contributed by atoms with van der Waals surface area (Å²) in [6, 6.07) is 41.2. The Morgan fingerprint density at radius 3 is 1.04 bits per heavy atom. The van der Waals surface area contributed by atoms with Gasteiger partial charge in [0.25, 0.3) is 0 Å². The lowest BCUT2D eigenvalue weighted by molar-refractivity contribution is -0.130. The number of hydrogen-bond acceptors (Lipinski definition) is 11. The van der Waals surface area contributed by atoms with Crippen LogP contribution in [0.15, 0.2) is 152 Å². The van der Waals surface area contributed by atoms with Crippen LogP contribution in [-0.4, -0.2) is 60.9 Å². The normalized spacial score (nSPS) is 12.7. The summed E-state index contributed by atoms with van der Waals surface area (Å²) >= 11 is 0. The Morgan fingerprint density at radius 2 is 0.698 bits per heavy atom. The number of ether oxygens (including phenoxy) is 5. The smallest absolute Gasteiger partial charge is 0.338 e. The van der Waals surface area contributed by atoms with Gasteiger partial charge in [-0.15, -0.1) is 0 Å². The standard InChI is InChI=1S/C42H33NO10/c43-27-26-34(50-39(45)30-18-8-2-9-19-30)36(52-41(47)32-22-12-4-13-23-32)37(53-42(48)33-24-14-5-15-25-33)35(51-40(46)31-20-10-3-11-21-31)28-49-38(44)29-16-6-1-7-17-29/h1-25,34-37H,26,28H2/t34-,35-,36-,37-/m1/s1. The Morgan fingerprint density at radius 1 is 0.415 bits per heavy atom. The molecule has 0 aliphatic carbocycles. The van der Waals surface area contributed by atoms with E-state index in [4.69, 9.17) is 23.7 Å². The molecule has 53 heavy (non-hydrogen) atoms. The number of carbonyl (C=O) groups is 5. The second-order valence-electron chi connectivity index (χ2n) is 11.4. The van der Waals surface area contributed by atoms with Crippen LogP contribution in [0.25, 0.3) is 0 Å². The van der Waals surface area contributed by atoms with Gasteiger partial charge in [0.1, 0.15) is 6.61 Å². The van der Waals surface area contributed by atoms with Crippen LogP contribution in [0.5, 0.6) is 0 Å². The molecule has 5 rings (SSSR count). The molecule has 11 nitrogen and oxygen atoms in total. The van der Waals surface area contributed by atoms with Gasteiger partial charge in [-0.1, -0.05) is 91.0 Å². The molecule has 0 N–H and O–H groups in total. The van der Waals surface area contributed by atoms with Crippen molar-refractivity contribution in [3.8, 4) is 6.07 Å². The van der Waals surface area contributed by atoms with Gasteiger partial charge < -0.3 is 23.7 Å². The van der Waals surface area contributed by atoms with Gasteiger partial charge in [-0.05, 0) is 60.7 Å². The third-order valence-electron chi connectivity index (χ3n) is 7.78. The first-order valence-electron chi connectivity index (χ1n) is 16.5. The summed E-state index contributed by atoms with van der Waals surface area (Å²) in [7, 11) is 0. The van der Waals surface area contributed by atoms with Crippen molar-refractivity contribution in [1.82, 2.24) is 0 Å². The molecule has 0 aromatic heterocycles. The Labute approximate surface area is 305 Å². The van der Waals surface area contributed by atoms with Crippen molar-refractivity contribution in [2.75, 3.05) is 6.61 Å². The molecule has 0 unspecified atom stereocenters. The Hall–Kier alpha value is -7.06. The molecule has 5 aromatic rings. The van der Waals surface area contributed by atoms with Crippen molar-refractivity contribution in [3.05, 3.63) is 179 Å². The summed E-state index contributed by atoms with van der Waals surface area (Å²) in [4.78, 5) is 67.7. The quantitative estimate of drug-likeness (QED) is 0.0846. The van der Waals surface area contributed by atoms with Gasteiger partial charge in [0, 0.05) is 0 Å². The summed E-state index contributed by atoms with van der Waals surface area (Å²) in [5.74, 6) is -4.48. The lowest BCUT2D eigenvalue weighted by Crippen LogP contribution is -2.53. The third kappa shape index (κ3) is 10.5. The zero-order valence-corrected chi connectivity index (χ0v) is 28.2. The van der Waals surface area contributed by atoms with Crippen LogP contribution in [0, 0.1) is 11.3 Å². The van der Waals surface area contributed by atoms with Crippen molar-refractivity contribution in [1.29, 1.82) is 5.26 Å². The second-order valence-corrected chi connectivity index (χ2v) is 11.4. The second kappa shape index (κ2) is 18.8. The van der Waals surface area contributed by atoms with Crippen LogP contribution in [0.4, 0.5) is 0 Å². The van der Waals surface area contributed by atoms with Gasteiger partial charge in [0.15, 0.2) is 24.4 Å². The molecule has 0 fully saturated rings. The van der Waals surface area contributed by atoms with Crippen molar-refractivity contribution in [3.63, 3.8) is 0 Å². The van der Waals surface area contributed by atoms with Crippen LogP contribution in [0.1, 0.15) is 58.2 Å². The van der Waals surface area contributed by atoms with E-state index in [0.717, 1.165) is 0 Å². The maximum atomic E-state index is 13.8. The van der Waals surface area contributed by atoms with Crippen molar-refractivity contribution in [2.24, 2.45) is 0 Å². The molecule has 0 bridgehead atoms. The number of esters is 5. The predicted octanol–water partition coefficient (Wildman–Crippen LogP) is 6.66. The van der Waals surface area contributed by atoms with Gasteiger partial charge >= 0.3 is 29.8 Å². The summed E-state index contributed by atoms with van der Waals surface area (Å²) in [6.45, 7) is -0.718. The number of carbonyl (C=O) groups excluding carboxylic acids is 5. The zero-order chi connectivity index (χ0) is 37.4. The highest BCUT2D eigenvalue weighted by Gasteiger charge is 2.45. The van der Waals surface area contributed by atoms with E-state index in [1.165, 1.54) is 60.7 Å². The third-order valence-corrected chi connectivity index (χ3v) is 7.78. The van der Waals surface area contributed by atoms with E-state index < -0.39 is 67.3 Å². The molecule has 4 atom stereocenters. The van der Waals surface area contributed by atoms with Crippen molar-refractivity contribution < 1.29 is 47.7 Å². The lowest BCUT2D eigenvalue weighted by Gasteiger charge is -2.35. The molecule has 0 aliphatic rings. The molecule has 0 radical (unpaired) electrons. The van der Waals surface area contributed by atoms with Crippen LogP contribution >= 0.6 is 0 Å². The van der Waals surface area contributed by atoms with Crippen LogP contribution < -0.4 is 0 Å². The van der Waals surface area contributed by atoms with E-state index in [-0.39, 0.29) is 27.8 Å². The Bertz CT molecular complexity index is 2020. The minimum atomic E-state index is -1.83. The van der Waals surface area contributed by atoms with E-state index in [9.17, 15) is 29.2 Å². The van der Waals surface area contributed by atoms with E-state index in [1.54, 1.807) is 91.0 Å². The van der Waals surface area contributed by atoms with Crippen molar-refractivity contribution in [2.45, 2.75) is 30.8 Å². The largest absolute Gasteiger partial charge is 0.458 e. The predicted molar refractivity (Wildman–Crippen MR) is 190 cm³/mol. The summed E-state index contributed by atoms with van der Waals surface area (Å²) in [5.41, 5.74) is 0.527. The fourth-order valence-corrected chi connectivity index (χ4v) is 5.13. The first-order chi connectivity index (χ1) is 25.8. The molecule has 0 saturated heterocycles. The van der Waals surface area contributed by atoms with Crippen LogP contribution in [-0.2, 0) is 23.7 Å². The monoisotopic (exact) mass is 711 g/mol. The van der Waals surface area contributed by atoms with Gasteiger partial charge in [0.2, 0.25) is 0 Å². The minimum absolute atomic E-state index is 0.0677. The summed E-state index contributed by atoms with van der Waals surface area (Å²) in [5, 5.41) is 9.95. The van der Waals surface area contributed by atoms with Gasteiger partial charge in [-0.2, -0.15) is 5.26 Å². The highest BCUT2D eigenvalue weighted by Crippen LogP contribution is 2.25. The number of nitrogens with zero attached hydrogens (tertiary/aromatic N) is 1. The molecule has 0 amide bonds. The molecule has 0 aliphatic heterocycles. The van der Waals surface area contributed by atoms with E-state index in [0.29, 0.717) is 0 Å². The number of nitriles is 1. The van der Waals surface area contributed by atoms with Gasteiger partial charge in [-0.3, -0.25) is 0 Å². The molecule has 0 spiro atoms. The van der Waals surface area contributed by atoms with Crippen molar-refractivity contribution >= 4 is 29.8 Å². The zero-order valence-electron chi connectivity index (χ0n) is 28.2. The van der Waals surface area contributed by atoms with E-state index in [2.05, 4.69) is 0 Å². The van der Waals surface area contributed by atoms with Crippen LogP contribution in [0.2, 0.25) is 0 Å². The van der Waals surface area contributed by atoms with E-state index in [1.807, 2.05) is 6.07 Å². The fourth-order valence-electron chi connectivity index (χ4n) is 5.13. The van der Waals surface area contributed by atoms with E-state index >= 15 is 0 Å². The minimum Gasteiger partial charge on any atom is -0.458 e. The molecule has 0 saturated carbocycles. The SMILES string of the molecule is N#CC[C@@H](OC(=O)c1ccccc1)[C@@H](OC(=O)c1ccccc1)[C@H](OC(=O)c1ccccc1)[C@@H](COC(=O)c1ccccc1)OC(=O)c1ccccc1. The fraction of sp³-hybridized carbons (Fsp3) is 0.143. The van der Waals surface area contributed by atoms with Gasteiger partial charge in [0.05, 0.1) is 40.3 Å². The summed E-state index contributed by atoms with van der Waals surface area (Å²) < 4.78 is 29.3. The Kier molecular flexibility index (Phi) is 13.2. The molecular formula is C42H33NO10. The average Bonchev–Trinajstić information content (AvgIpc) is 3.21. The first-order valence-corrected chi connectivity index (χ1v) is 16.5. The molecule has 266 valence electrons. The highest BCUT2D eigenvalue weighted by atomic mass is 16.6. The molecular weight excluding hydrogens is 678 g/mol. The molecule has 11 heteroatoms. The molecule has 0 heterocycles. The summed E-state index contributed by atoms with van der Waals surface area (Å²) in [6.07, 6.45) is -7.47. The van der Waals surface area contributed by atoms with Gasteiger partial charge in [-0.25, -0.2) is 24.0 Å².